The summed E-state index contributed by atoms with van der Waals surface area (Å²) in [4.78, 5) is 4.17. The van der Waals surface area contributed by atoms with E-state index >= 15 is 0 Å². The van der Waals surface area contributed by atoms with Gasteiger partial charge in [0.15, 0.2) is 0 Å². The molecule has 0 aliphatic heterocycles. The maximum absolute atomic E-state index is 6.16. The number of benzene rings is 1. The Bertz CT molecular complexity index is 522. The molecule has 0 saturated carbocycles. The predicted octanol–water partition coefficient (Wildman–Crippen LogP) is 1.60. The predicted molar refractivity (Wildman–Crippen MR) is 68.7 cm³/mol. The molecule has 0 spiro atoms. The Balaban J connectivity index is 1.79. The lowest BCUT2D eigenvalue weighted by Gasteiger charge is -2.18. The SMILES string of the molecule is CC(NC1CC(N)c2ccccc21)c1ncn[nH]1. The molecule has 18 heavy (non-hydrogen) atoms. The van der Waals surface area contributed by atoms with Gasteiger partial charge in [0.2, 0.25) is 0 Å². The Morgan fingerprint density at radius 3 is 2.89 bits per heavy atom. The lowest BCUT2D eigenvalue weighted by Crippen LogP contribution is -2.24. The Morgan fingerprint density at radius 1 is 1.39 bits per heavy atom. The summed E-state index contributed by atoms with van der Waals surface area (Å²) in [5.74, 6) is 0.855. The first-order chi connectivity index (χ1) is 8.75. The zero-order valence-electron chi connectivity index (χ0n) is 10.3. The fraction of sp³-hybridized carbons (Fsp3) is 0.385. The zero-order chi connectivity index (χ0) is 12.5. The van der Waals surface area contributed by atoms with Crippen LogP contribution in [0.25, 0.3) is 0 Å². The highest BCUT2D eigenvalue weighted by atomic mass is 15.2. The van der Waals surface area contributed by atoms with Crippen molar-refractivity contribution >= 4 is 0 Å². The first-order valence-electron chi connectivity index (χ1n) is 6.21. The van der Waals surface area contributed by atoms with E-state index in [9.17, 15) is 0 Å². The Hall–Kier alpha value is -1.72. The van der Waals surface area contributed by atoms with E-state index in [1.165, 1.54) is 17.5 Å². The molecule has 1 heterocycles. The number of hydrogen-bond acceptors (Lipinski definition) is 4. The second-order valence-electron chi connectivity index (χ2n) is 4.78. The molecule has 0 saturated heterocycles. The first-order valence-corrected chi connectivity index (χ1v) is 6.21. The first kappa shape index (κ1) is 11.4. The molecule has 0 radical (unpaired) electrons. The molecule has 0 bridgehead atoms. The van der Waals surface area contributed by atoms with Crippen LogP contribution in [-0.4, -0.2) is 15.2 Å². The van der Waals surface area contributed by atoms with Gasteiger partial charge in [-0.1, -0.05) is 24.3 Å². The molecule has 1 aliphatic carbocycles. The molecular formula is C13H17N5. The third kappa shape index (κ3) is 1.91. The maximum atomic E-state index is 6.16. The number of nitrogens with one attached hydrogen (secondary N) is 2. The lowest BCUT2D eigenvalue weighted by atomic mass is 10.1. The third-order valence-corrected chi connectivity index (χ3v) is 3.56. The van der Waals surface area contributed by atoms with Gasteiger partial charge in [-0.15, -0.1) is 0 Å². The van der Waals surface area contributed by atoms with Crippen LogP contribution in [0.5, 0.6) is 0 Å². The average molecular weight is 243 g/mol. The molecule has 94 valence electrons. The molecular weight excluding hydrogens is 226 g/mol. The van der Waals surface area contributed by atoms with E-state index in [2.05, 4.69) is 45.6 Å². The minimum Gasteiger partial charge on any atom is -0.324 e. The summed E-state index contributed by atoms with van der Waals surface area (Å²) in [5.41, 5.74) is 8.71. The van der Waals surface area contributed by atoms with Crippen LogP contribution in [0.15, 0.2) is 30.6 Å². The number of fused-ring (bicyclic) bond motifs is 1. The zero-order valence-corrected chi connectivity index (χ0v) is 10.3. The van der Waals surface area contributed by atoms with Crippen LogP contribution in [0.4, 0.5) is 0 Å². The molecule has 0 amide bonds. The quantitative estimate of drug-likeness (QED) is 0.765. The molecule has 5 heteroatoms. The van der Waals surface area contributed by atoms with Crippen LogP contribution in [0.1, 0.15) is 48.4 Å². The van der Waals surface area contributed by atoms with Crippen LogP contribution < -0.4 is 11.1 Å². The number of nitrogens with zero attached hydrogens (tertiary/aromatic N) is 2. The van der Waals surface area contributed by atoms with Crippen molar-refractivity contribution in [1.29, 1.82) is 0 Å². The highest BCUT2D eigenvalue weighted by molar-refractivity contribution is 5.37. The van der Waals surface area contributed by atoms with Crippen molar-refractivity contribution < 1.29 is 0 Å². The van der Waals surface area contributed by atoms with Crippen molar-refractivity contribution in [3.63, 3.8) is 0 Å². The summed E-state index contributed by atoms with van der Waals surface area (Å²) in [6, 6.07) is 8.91. The number of aromatic nitrogens is 3. The van der Waals surface area contributed by atoms with Crippen molar-refractivity contribution in [3.8, 4) is 0 Å². The number of hydrogen-bond donors (Lipinski definition) is 3. The normalized spacial score (nSPS) is 23.9. The van der Waals surface area contributed by atoms with Gasteiger partial charge in [-0.3, -0.25) is 5.10 Å². The van der Waals surface area contributed by atoms with Gasteiger partial charge in [0.1, 0.15) is 12.2 Å². The molecule has 5 nitrogen and oxygen atoms in total. The Morgan fingerprint density at radius 2 is 2.17 bits per heavy atom. The Kier molecular flexibility index (Phi) is 2.85. The van der Waals surface area contributed by atoms with E-state index in [0.29, 0.717) is 0 Å². The minimum atomic E-state index is 0.126. The monoisotopic (exact) mass is 243 g/mol. The highest BCUT2D eigenvalue weighted by Crippen LogP contribution is 2.37. The van der Waals surface area contributed by atoms with Gasteiger partial charge < -0.3 is 11.1 Å². The summed E-state index contributed by atoms with van der Waals surface area (Å²) >= 11 is 0. The second kappa shape index (κ2) is 4.51. The molecule has 3 unspecified atom stereocenters. The van der Waals surface area contributed by atoms with Gasteiger partial charge in [0.25, 0.3) is 0 Å². The van der Waals surface area contributed by atoms with E-state index in [1.54, 1.807) is 0 Å². The van der Waals surface area contributed by atoms with Crippen molar-refractivity contribution in [1.82, 2.24) is 20.5 Å². The van der Waals surface area contributed by atoms with Crippen molar-refractivity contribution in [3.05, 3.63) is 47.5 Å². The fourth-order valence-corrected chi connectivity index (χ4v) is 2.64. The van der Waals surface area contributed by atoms with Crippen molar-refractivity contribution in [2.45, 2.75) is 31.5 Å². The Labute approximate surface area is 106 Å². The summed E-state index contributed by atoms with van der Waals surface area (Å²) < 4.78 is 0. The van der Waals surface area contributed by atoms with Gasteiger partial charge in [-0.25, -0.2) is 4.98 Å². The van der Waals surface area contributed by atoms with Crippen molar-refractivity contribution in [2.75, 3.05) is 0 Å². The van der Waals surface area contributed by atoms with E-state index in [0.717, 1.165) is 12.2 Å². The van der Waals surface area contributed by atoms with Crippen LogP contribution in [0, 0.1) is 0 Å². The maximum Gasteiger partial charge on any atom is 0.141 e. The van der Waals surface area contributed by atoms with E-state index in [1.807, 2.05) is 6.07 Å². The van der Waals surface area contributed by atoms with Crippen LogP contribution in [-0.2, 0) is 0 Å². The number of aromatic amines is 1. The van der Waals surface area contributed by atoms with Gasteiger partial charge >= 0.3 is 0 Å². The molecule has 1 aromatic heterocycles. The highest BCUT2D eigenvalue weighted by Gasteiger charge is 2.29. The molecule has 4 N–H and O–H groups in total. The van der Waals surface area contributed by atoms with Crippen LogP contribution in [0.3, 0.4) is 0 Å². The fourth-order valence-electron chi connectivity index (χ4n) is 2.64. The third-order valence-electron chi connectivity index (χ3n) is 3.56. The van der Waals surface area contributed by atoms with E-state index in [-0.39, 0.29) is 18.1 Å². The minimum absolute atomic E-state index is 0.126. The van der Waals surface area contributed by atoms with E-state index in [4.69, 9.17) is 5.73 Å². The van der Waals surface area contributed by atoms with Gasteiger partial charge in [0, 0.05) is 12.1 Å². The van der Waals surface area contributed by atoms with Crippen LogP contribution in [0.2, 0.25) is 0 Å². The lowest BCUT2D eigenvalue weighted by molar-refractivity contribution is 0.434. The molecule has 3 atom stereocenters. The van der Waals surface area contributed by atoms with Gasteiger partial charge in [0.05, 0.1) is 6.04 Å². The molecule has 3 rings (SSSR count). The van der Waals surface area contributed by atoms with Gasteiger partial charge in [-0.05, 0) is 24.5 Å². The topological polar surface area (TPSA) is 79.6 Å². The van der Waals surface area contributed by atoms with Crippen LogP contribution >= 0.6 is 0 Å². The molecule has 0 fully saturated rings. The average Bonchev–Trinajstić information content (AvgIpc) is 3.00. The smallest absolute Gasteiger partial charge is 0.141 e. The van der Waals surface area contributed by atoms with E-state index < -0.39 is 0 Å². The summed E-state index contributed by atoms with van der Waals surface area (Å²) in [6.07, 6.45) is 2.46. The number of nitrogens with two attached hydrogens (primary N) is 1. The summed E-state index contributed by atoms with van der Waals surface area (Å²) in [7, 11) is 0. The number of rotatable bonds is 3. The van der Waals surface area contributed by atoms with Crippen molar-refractivity contribution in [2.24, 2.45) is 5.73 Å². The molecule has 1 aromatic carbocycles. The van der Waals surface area contributed by atoms with Gasteiger partial charge in [-0.2, -0.15) is 5.10 Å². The standard InChI is InChI=1S/C13H17N5/c1-8(13-15-7-16-18-13)17-12-6-11(14)9-4-2-3-5-10(9)12/h2-5,7-8,11-12,17H,6,14H2,1H3,(H,15,16,18). The second-order valence-corrected chi connectivity index (χ2v) is 4.78. The number of H-pyrrole nitrogens is 1. The largest absolute Gasteiger partial charge is 0.324 e. The summed E-state index contributed by atoms with van der Waals surface area (Å²) in [6.45, 7) is 2.08. The molecule has 2 aromatic rings. The molecule has 1 aliphatic rings. The summed E-state index contributed by atoms with van der Waals surface area (Å²) in [5, 5.41) is 10.3.